The molecule has 0 amide bonds. The molecule has 1 atom stereocenters. The Labute approximate surface area is 157 Å². The molecule has 3 heterocycles. The topological polar surface area (TPSA) is 82.0 Å². The van der Waals surface area contributed by atoms with E-state index in [1.807, 2.05) is 13.0 Å². The number of rotatable bonds is 4. The van der Waals surface area contributed by atoms with Crippen molar-refractivity contribution >= 4 is 5.69 Å². The van der Waals surface area contributed by atoms with Gasteiger partial charge in [-0.25, -0.2) is 0 Å². The van der Waals surface area contributed by atoms with Crippen LogP contribution >= 0.6 is 0 Å². The van der Waals surface area contributed by atoms with Crippen LogP contribution in [-0.2, 0) is 22.4 Å². The Morgan fingerprint density at radius 3 is 2.93 bits per heavy atom. The van der Waals surface area contributed by atoms with Crippen LogP contribution in [0.4, 0.5) is 5.69 Å². The number of hydrogen-bond acceptors (Lipinski definition) is 6. The molecule has 1 aromatic carbocycles. The molecular weight excluding hydrogens is 348 g/mol. The molecule has 7 nitrogen and oxygen atoms in total. The van der Waals surface area contributed by atoms with E-state index in [1.54, 1.807) is 16.7 Å². The van der Waals surface area contributed by atoms with Crippen LogP contribution in [0.15, 0.2) is 23.0 Å². The number of anilines is 1. The number of aryl methyl sites for hydroxylation is 1. The van der Waals surface area contributed by atoms with E-state index in [-0.39, 0.29) is 17.4 Å². The van der Waals surface area contributed by atoms with Gasteiger partial charge in [-0.2, -0.15) is 0 Å². The normalized spacial score (nSPS) is 18.5. The van der Waals surface area contributed by atoms with Crippen molar-refractivity contribution in [3.63, 3.8) is 0 Å². The molecule has 1 fully saturated rings. The lowest BCUT2D eigenvalue weighted by Crippen LogP contribution is -2.35. The summed E-state index contributed by atoms with van der Waals surface area (Å²) in [6, 6.07) is 5.18. The predicted molar refractivity (Wildman–Crippen MR) is 102 cm³/mol. The lowest BCUT2D eigenvalue weighted by Gasteiger charge is -2.27. The van der Waals surface area contributed by atoms with E-state index in [4.69, 9.17) is 14.2 Å². The number of nitrogens with one attached hydrogen (secondary N) is 1. The van der Waals surface area contributed by atoms with Gasteiger partial charge in [-0.3, -0.25) is 4.79 Å². The molecule has 2 aliphatic heterocycles. The number of phenols is 1. The molecule has 2 aromatic rings. The van der Waals surface area contributed by atoms with Gasteiger partial charge in [-0.15, -0.1) is 0 Å². The van der Waals surface area contributed by atoms with Crippen LogP contribution in [0, 0.1) is 6.92 Å². The number of benzene rings is 1. The zero-order valence-corrected chi connectivity index (χ0v) is 15.6. The summed E-state index contributed by atoms with van der Waals surface area (Å²) >= 11 is 0. The van der Waals surface area contributed by atoms with Crippen LogP contribution in [0.5, 0.6) is 11.5 Å². The maximum Gasteiger partial charge on any atom is 0.253 e. The molecule has 0 radical (unpaired) electrons. The molecule has 1 unspecified atom stereocenters. The molecule has 4 rings (SSSR count). The van der Waals surface area contributed by atoms with Crippen LogP contribution in [-0.4, -0.2) is 49.3 Å². The fourth-order valence-corrected chi connectivity index (χ4v) is 3.81. The van der Waals surface area contributed by atoms with E-state index >= 15 is 0 Å². The Kier molecular flexibility index (Phi) is 4.80. The molecule has 144 valence electrons. The Bertz CT molecular complexity index is 916. The van der Waals surface area contributed by atoms with Gasteiger partial charge < -0.3 is 29.2 Å². The van der Waals surface area contributed by atoms with Crippen LogP contribution in [0.2, 0.25) is 0 Å². The van der Waals surface area contributed by atoms with E-state index in [1.165, 1.54) is 7.11 Å². The van der Waals surface area contributed by atoms with Gasteiger partial charge in [-0.05, 0) is 36.6 Å². The maximum atomic E-state index is 12.7. The number of aromatic nitrogens is 1. The zero-order valence-electron chi connectivity index (χ0n) is 15.6. The Morgan fingerprint density at radius 2 is 2.19 bits per heavy atom. The van der Waals surface area contributed by atoms with Gasteiger partial charge in [0.25, 0.3) is 5.56 Å². The minimum atomic E-state index is -0.0557. The highest BCUT2D eigenvalue weighted by Crippen LogP contribution is 2.39. The monoisotopic (exact) mass is 372 g/mol. The smallest absolute Gasteiger partial charge is 0.253 e. The quantitative estimate of drug-likeness (QED) is 0.853. The number of hydrogen-bond donors (Lipinski definition) is 2. The molecule has 1 saturated heterocycles. The van der Waals surface area contributed by atoms with Gasteiger partial charge in [0.15, 0.2) is 11.5 Å². The number of methoxy groups -OCH3 is 1. The summed E-state index contributed by atoms with van der Waals surface area (Å²) in [5.74, 6) is 0.522. The average molecular weight is 372 g/mol. The number of fused-ring (bicyclic) bond motifs is 3. The van der Waals surface area contributed by atoms with E-state index in [9.17, 15) is 9.90 Å². The second-order valence-electron chi connectivity index (χ2n) is 6.90. The first-order valence-electron chi connectivity index (χ1n) is 9.16. The predicted octanol–water partition coefficient (Wildman–Crippen LogP) is 1.92. The van der Waals surface area contributed by atoms with Gasteiger partial charge in [-0.1, -0.05) is 0 Å². The molecule has 0 spiro atoms. The Morgan fingerprint density at radius 1 is 1.33 bits per heavy atom. The second kappa shape index (κ2) is 7.25. The number of ether oxygens (including phenoxy) is 3. The van der Waals surface area contributed by atoms with E-state index in [0.717, 1.165) is 34.5 Å². The van der Waals surface area contributed by atoms with E-state index in [0.29, 0.717) is 38.7 Å². The molecule has 27 heavy (non-hydrogen) atoms. The van der Waals surface area contributed by atoms with Gasteiger partial charge in [0, 0.05) is 30.4 Å². The van der Waals surface area contributed by atoms with Crippen LogP contribution < -0.4 is 15.6 Å². The molecule has 1 aromatic heterocycles. The van der Waals surface area contributed by atoms with Crippen molar-refractivity contribution in [2.75, 3.05) is 38.8 Å². The molecule has 7 heteroatoms. The summed E-state index contributed by atoms with van der Waals surface area (Å²) in [5, 5.41) is 13.6. The van der Waals surface area contributed by atoms with Crippen LogP contribution in [0.25, 0.3) is 11.3 Å². The number of pyridine rings is 1. The second-order valence-corrected chi connectivity index (χ2v) is 6.90. The molecular formula is C20H24N2O5. The first-order valence-corrected chi connectivity index (χ1v) is 9.16. The zero-order chi connectivity index (χ0) is 19.0. The Hall–Kier alpha value is -2.51. The van der Waals surface area contributed by atoms with Crippen molar-refractivity contribution in [2.45, 2.75) is 26.0 Å². The van der Waals surface area contributed by atoms with Gasteiger partial charge in [0.05, 0.1) is 38.7 Å². The van der Waals surface area contributed by atoms with Crippen molar-refractivity contribution < 1.29 is 19.3 Å². The lowest BCUT2D eigenvalue weighted by atomic mass is 9.93. The average Bonchev–Trinajstić information content (AvgIpc) is 2.69. The van der Waals surface area contributed by atoms with Crippen molar-refractivity contribution in [1.82, 2.24) is 4.57 Å². The summed E-state index contributed by atoms with van der Waals surface area (Å²) in [6.07, 6.45) is 0.691. The van der Waals surface area contributed by atoms with Crippen LogP contribution in [0.1, 0.15) is 11.1 Å². The Balaban J connectivity index is 1.72. The van der Waals surface area contributed by atoms with Crippen molar-refractivity contribution in [1.29, 1.82) is 0 Å². The maximum absolute atomic E-state index is 12.7. The van der Waals surface area contributed by atoms with E-state index in [2.05, 4.69) is 5.32 Å². The minimum Gasteiger partial charge on any atom is -0.504 e. The minimum absolute atomic E-state index is 0.0301. The number of aromatic hydroxyl groups is 1. The highest BCUT2D eigenvalue weighted by Gasteiger charge is 2.23. The summed E-state index contributed by atoms with van der Waals surface area (Å²) in [4.78, 5) is 12.7. The van der Waals surface area contributed by atoms with Crippen LogP contribution in [0.3, 0.4) is 0 Å². The van der Waals surface area contributed by atoms with E-state index < -0.39 is 0 Å². The summed E-state index contributed by atoms with van der Waals surface area (Å²) in [5.41, 5.74) is 4.47. The molecule has 2 N–H and O–H groups in total. The highest BCUT2D eigenvalue weighted by atomic mass is 16.6. The van der Waals surface area contributed by atoms with Crippen molar-refractivity contribution in [2.24, 2.45) is 0 Å². The first-order chi connectivity index (χ1) is 13.1. The molecule has 2 aliphatic rings. The third kappa shape index (κ3) is 3.28. The highest BCUT2D eigenvalue weighted by molar-refractivity contribution is 5.76. The number of nitrogens with zero attached hydrogens (tertiary/aromatic N) is 1. The van der Waals surface area contributed by atoms with Gasteiger partial charge >= 0.3 is 0 Å². The molecule has 0 saturated carbocycles. The summed E-state index contributed by atoms with van der Waals surface area (Å²) in [6.45, 7) is 4.93. The van der Waals surface area contributed by atoms with Gasteiger partial charge in [0.2, 0.25) is 0 Å². The van der Waals surface area contributed by atoms with Crippen molar-refractivity contribution in [3.05, 3.63) is 39.7 Å². The standard InChI is InChI=1S/C20H24N2O5/c1-12-16(21-10-14-11-26-5-6-27-14)9-19(24)22-4-3-13-7-18(25-2)17(23)8-15(13)20(12)22/h7-9,14,21,23H,3-6,10-11H2,1-2H3. The molecule has 0 aliphatic carbocycles. The third-order valence-electron chi connectivity index (χ3n) is 5.23. The largest absolute Gasteiger partial charge is 0.504 e. The lowest BCUT2D eigenvalue weighted by molar-refractivity contribution is -0.0818. The summed E-state index contributed by atoms with van der Waals surface area (Å²) < 4.78 is 18.1. The third-order valence-corrected chi connectivity index (χ3v) is 5.23. The number of phenolic OH excluding ortho intramolecular Hbond substituents is 1. The summed E-state index contributed by atoms with van der Waals surface area (Å²) in [7, 11) is 1.53. The fraction of sp³-hybridized carbons (Fsp3) is 0.450. The fourth-order valence-electron chi connectivity index (χ4n) is 3.81. The van der Waals surface area contributed by atoms with Gasteiger partial charge in [0.1, 0.15) is 0 Å². The van der Waals surface area contributed by atoms with Crippen molar-refractivity contribution in [3.8, 4) is 22.8 Å². The SMILES string of the molecule is COc1cc2c(cc1O)-c1c(C)c(NCC3COCCO3)cc(=O)n1CC2. The molecule has 0 bridgehead atoms. The first kappa shape index (κ1) is 17.9.